The molecular formula is C18H16FN6. The number of rotatable bonds is 4. The Morgan fingerprint density at radius 1 is 1.28 bits per heavy atom. The number of aryl methyl sites for hydroxylation is 2. The van der Waals surface area contributed by atoms with E-state index >= 15 is 0 Å². The van der Waals surface area contributed by atoms with Gasteiger partial charge in [-0.05, 0) is 25.5 Å². The molecule has 125 valence electrons. The highest BCUT2D eigenvalue weighted by molar-refractivity contribution is 5.82. The second-order valence-electron chi connectivity index (χ2n) is 5.86. The Kier molecular flexibility index (Phi) is 3.76. The smallest absolute Gasteiger partial charge is 0.217 e. The van der Waals surface area contributed by atoms with E-state index in [0.29, 0.717) is 12.0 Å². The molecule has 0 aliphatic rings. The SMILES string of the molecule is CCn1cc(-c2[c]nc(F)c(Cc3c[nH]c4ncnc(C)c34)c2)cn1. The molecular weight excluding hydrogens is 319 g/mol. The average molecular weight is 335 g/mol. The van der Waals surface area contributed by atoms with Crippen molar-refractivity contribution in [3.05, 3.63) is 59.9 Å². The maximum Gasteiger partial charge on any atom is 0.217 e. The summed E-state index contributed by atoms with van der Waals surface area (Å²) in [5, 5.41) is 5.17. The molecule has 0 saturated carbocycles. The molecule has 4 aromatic rings. The van der Waals surface area contributed by atoms with Gasteiger partial charge in [0, 0.05) is 47.4 Å². The molecule has 4 heterocycles. The van der Waals surface area contributed by atoms with Crippen molar-refractivity contribution in [1.29, 1.82) is 0 Å². The molecule has 1 N–H and O–H groups in total. The highest BCUT2D eigenvalue weighted by Crippen LogP contribution is 2.25. The molecule has 4 rings (SSSR count). The van der Waals surface area contributed by atoms with Crippen molar-refractivity contribution in [3.63, 3.8) is 0 Å². The minimum Gasteiger partial charge on any atom is -0.346 e. The van der Waals surface area contributed by atoms with E-state index in [-0.39, 0.29) is 0 Å². The molecule has 0 saturated heterocycles. The maximum absolute atomic E-state index is 14.2. The number of hydrogen-bond acceptors (Lipinski definition) is 4. The number of nitrogens with one attached hydrogen (secondary N) is 1. The van der Waals surface area contributed by atoms with Crippen molar-refractivity contribution >= 4 is 11.0 Å². The maximum atomic E-state index is 14.2. The van der Waals surface area contributed by atoms with Gasteiger partial charge < -0.3 is 4.98 Å². The molecule has 0 aliphatic carbocycles. The van der Waals surface area contributed by atoms with E-state index in [0.717, 1.165) is 40.0 Å². The summed E-state index contributed by atoms with van der Waals surface area (Å²) in [6.07, 6.45) is 10.1. The van der Waals surface area contributed by atoms with Crippen LogP contribution in [0, 0.1) is 19.1 Å². The van der Waals surface area contributed by atoms with Gasteiger partial charge in [0.1, 0.15) is 18.2 Å². The van der Waals surface area contributed by atoms with Crippen LogP contribution in [0.5, 0.6) is 0 Å². The zero-order valence-corrected chi connectivity index (χ0v) is 13.9. The Balaban J connectivity index is 1.73. The lowest BCUT2D eigenvalue weighted by Gasteiger charge is -2.05. The highest BCUT2D eigenvalue weighted by Gasteiger charge is 2.14. The van der Waals surface area contributed by atoms with Crippen LogP contribution in [-0.2, 0) is 13.0 Å². The number of aromatic nitrogens is 6. The Bertz CT molecular complexity index is 1050. The Hall–Kier alpha value is -3.09. The third-order valence-corrected chi connectivity index (χ3v) is 4.25. The lowest BCUT2D eigenvalue weighted by molar-refractivity contribution is 0.570. The van der Waals surface area contributed by atoms with Gasteiger partial charge in [0.05, 0.1) is 11.9 Å². The van der Waals surface area contributed by atoms with Gasteiger partial charge in [0.25, 0.3) is 0 Å². The molecule has 6 nitrogen and oxygen atoms in total. The topological polar surface area (TPSA) is 72.3 Å². The molecule has 4 aromatic heterocycles. The summed E-state index contributed by atoms with van der Waals surface area (Å²) in [4.78, 5) is 15.3. The minimum atomic E-state index is -0.518. The summed E-state index contributed by atoms with van der Waals surface area (Å²) in [5.74, 6) is -0.518. The lowest BCUT2D eigenvalue weighted by atomic mass is 10.0. The van der Waals surface area contributed by atoms with Gasteiger partial charge in [-0.1, -0.05) is 0 Å². The monoisotopic (exact) mass is 335 g/mol. The van der Waals surface area contributed by atoms with E-state index in [2.05, 4.69) is 31.2 Å². The zero-order chi connectivity index (χ0) is 17.4. The molecule has 0 amide bonds. The van der Waals surface area contributed by atoms with E-state index in [1.54, 1.807) is 12.3 Å². The van der Waals surface area contributed by atoms with E-state index in [1.807, 2.05) is 30.9 Å². The van der Waals surface area contributed by atoms with Crippen LogP contribution in [0.4, 0.5) is 4.39 Å². The van der Waals surface area contributed by atoms with Crippen LogP contribution in [0.3, 0.4) is 0 Å². The predicted molar refractivity (Wildman–Crippen MR) is 91.4 cm³/mol. The molecule has 25 heavy (non-hydrogen) atoms. The summed E-state index contributed by atoms with van der Waals surface area (Å²) >= 11 is 0. The fourth-order valence-electron chi connectivity index (χ4n) is 2.93. The fraction of sp³-hybridized carbons (Fsp3) is 0.222. The standard InChI is InChI=1S/C18H16FN6/c1-3-25-9-15(8-24-25)13-4-12(17(19)20-6-13)5-14-7-21-18-16(14)11(2)22-10-23-18/h4,7-10H,3,5H2,1-2H3,(H,21,22,23). The van der Waals surface area contributed by atoms with Gasteiger partial charge in [0.15, 0.2) is 0 Å². The van der Waals surface area contributed by atoms with Gasteiger partial charge in [-0.15, -0.1) is 0 Å². The van der Waals surface area contributed by atoms with Crippen LogP contribution >= 0.6 is 0 Å². The largest absolute Gasteiger partial charge is 0.346 e. The second kappa shape index (κ2) is 6.08. The van der Waals surface area contributed by atoms with Crippen molar-refractivity contribution in [2.24, 2.45) is 0 Å². The van der Waals surface area contributed by atoms with Crippen LogP contribution in [0.2, 0.25) is 0 Å². The molecule has 0 bridgehead atoms. The molecule has 0 atom stereocenters. The van der Waals surface area contributed by atoms with Crippen LogP contribution in [0.25, 0.3) is 22.2 Å². The Morgan fingerprint density at radius 2 is 2.16 bits per heavy atom. The molecule has 1 radical (unpaired) electrons. The van der Waals surface area contributed by atoms with Gasteiger partial charge >= 0.3 is 0 Å². The minimum absolute atomic E-state index is 0.399. The summed E-state index contributed by atoms with van der Waals surface area (Å²) < 4.78 is 16.1. The van der Waals surface area contributed by atoms with E-state index in [4.69, 9.17) is 0 Å². The number of hydrogen-bond donors (Lipinski definition) is 1. The number of aromatic amines is 1. The molecule has 0 aliphatic heterocycles. The lowest BCUT2D eigenvalue weighted by Crippen LogP contribution is -1.97. The third kappa shape index (κ3) is 2.77. The van der Waals surface area contributed by atoms with Crippen molar-refractivity contribution in [1.82, 2.24) is 29.7 Å². The Labute approximate surface area is 143 Å². The van der Waals surface area contributed by atoms with E-state index in [9.17, 15) is 4.39 Å². The van der Waals surface area contributed by atoms with Gasteiger partial charge in [0.2, 0.25) is 5.95 Å². The van der Waals surface area contributed by atoms with E-state index < -0.39 is 5.95 Å². The molecule has 7 heteroatoms. The highest BCUT2D eigenvalue weighted by atomic mass is 19.1. The summed E-state index contributed by atoms with van der Waals surface area (Å²) in [7, 11) is 0. The average Bonchev–Trinajstić information content (AvgIpc) is 3.25. The first-order valence-electron chi connectivity index (χ1n) is 8.03. The number of halogens is 1. The number of nitrogens with zero attached hydrogens (tertiary/aromatic N) is 5. The van der Waals surface area contributed by atoms with E-state index in [1.165, 1.54) is 6.33 Å². The second-order valence-corrected chi connectivity index (χ2v) is 5.86. The number of pyridine rings is 1. The fourth-order valence-corrected chi connectivity index (χ4v) is 2.93. The number of fused-ring (bicyclic) bond motifs is 1. The van der Waals surface area contributed by atoms with Gasteiger partial charge in [-0.3, -0.25) is 4.68 Å². The molecule has 0 aromatic carbocycles. The summed E-state index contributed by atoms with van der Waals surface area (Å²) in [5.41, 5.74) is 4.65. The van der Waals surface area contributed by atoms with Crippen LogP contribution in [0.1, 0.15) is 23.7 Å². The molecule has 0 spiro atoms. The summed E-state index contributed by atoms with van der Waals surface area (Å²) in [6, 6.07) is 1.78. The van der Waals surface area contributed by atoms with Crippen molar-refractivity contribution in [2.75, 3.05) is 0 Å². The van der Waals surface area contributed by atoms with Crippen LogP contribution in [0.15, 0.2) is 31.0 Å². The first kappa shape index (κ1) is 15.4. The predicted octanol–water partition coefficient (Wildman–Crippen LogP) is 3.07. The first-order valence-corrected chi connectivity index (χ1v) is 8.03. The van der Waals surface area contributed by atoms with Crippen LogP contribution < -0.4 is 0 Å². The molecule has 0 fully saturated rings. The normalized spacial score (nSPS) is 11.3. The van der Waals surface area contributed by atoms with Crippen molar-refractivity contribution < 1.29 is 4.39 Å². The van der Waals surface area contributed by atoms with Gasteiger partial charge in [-0.2, -0.15) is 9.49 Å². The third-order valence-electron chi connectivity index (χ3n) is 4.25. The molecule has 0 unspecified atom stereocenters. The summed E-state index contributed by atoms with van der Waals surface area (Å²) in [6.45, 7) is 4.70. The quantitative estimate of drug-likeness (QED) is 0.582. The Morgan fingerprint density at radius 3 is 2.96 bits per heavy atom. The van der Waals surface area contributed by atoms with Crippen molar-refractivity contribution in [2.45, 2.75) is 26.8 Å². The van der Waals surface area contributed by atoms with Crippen LogP contribution in [-0.4, -0.2) is 29.7 Å². The van der Waals surface area contributed by atoms with Crippen molar-refractivity contribution in [3.8, 4) is 11.1 Å². The zero-order valence-electron chi connectivity index (χ0n) is 13.9. The number of H-pyrrole nitrogens is 1. The first-order chi connectivity index (χ1) is 12.2. The van der Waals surface area contributed by atoms with Gasteiger partial charge in [-0.25, -0.2) is 15.0 Å².